The van der Waals surface area contributed by atoms with Gasteiger partial charge in [0.25, 0.3) is 0 Å². The third kappa shape index (κ3) is 12.1. The molecule has 0 spiro atoms. The molecule has 0 heterocycles. The lowest BCUT2D eigenvalue weighted by Gasteiger charge is -2.16. The van der Waals surface area contributed by atoms with E-state index in [1.807, 2.05) is 0 Å². The minimum Gasteiger partial charge on any atom is -0.392 e. The molecule has 0 aliphatic carbocycles. The van der Waals surface area contributed by atoms with Crippen LogP contribution in [-0.2, 0) is 9.47 Å². The first kappa shape index (κ1) is 16.8. The SMILES string of the molecule is COCCOCC(O)CNCC(O)CC(C)C. The van der Waals surface area contributed by atoms with Crippen LogP contribution in [0.15, 0.2) is 0 Å². The fourth-order valence-corrected chi connectivity index (χ4v) is 1.46. The van der Waals surface area contributed by atoms with Crippen LogP contribution in [0.1, 0.15) is 20.3 Å². The van der Waals surface area contributed by atoms with Crippen LogP contribution in [0.5, 0.6) is 0 Å². The lowest BCUT2D eigenvalue weighted by molar-refractivity contribution is 0.0126. The van der Waals surface area contributed by atoms with Gasteiger partial charge in [0.1, 0.15) is 0 Å². The molecule has 2 atom stereocenters. The highest BCUT2D eigenvalue weighted by Crippen LogP contribution is 2.03. The van der Waals surface area contributed by atoms with E-state index in [1.54, 1.807) is 7.11 Å². The van der Waals surface area contributed by atoms with Gasteiger partial charge in [0.15, 0.2) is 0 Å². The monoisotopic (exact) mass is 249 g/mol. The molecule has 0 aromatic rings. The molecular formula is C12H27NO4. The van der Waals surface area contributed by atoms with Gasteiger partial charge in [-0.25, -0.2) is 0 Å². The zero-order valence-corrected chi connectivity index (χ0v) is 11.2. The summed E-state index contributed by atoms with van der Waals surface area (Å²) in [5.74, 6) is 0.481. The summed E-state index contributed by atoms with van der Waals surface area (Å²) >= 11 is 0. The molecule has 0 radical (unpaired) electrons. The van der Waals surface area contributed by atoms with Crippen molar-refractivity contribution >= 4 is 0 Å². The van der Waals surface area contributed by atoms with E-state index in [0.717, 1.165) is 6.42 Å². The number of ether oxygens (including phenoxy) is 2. The molecule has 0 bridgehead atoms. The van der Waals surface area contributed by atoms with Gasteiger partial charge in [-0.1, -0.05) is 13.8 Å². The maximum atomic E-state index is 9.59. The molecule has 0 aromatic heterocycles. The lowest BCUT2D eigenvalue weighted by Crippen LogP contribution is -2.35. The van der Waals surface area contributed by atoms with Gasteiger partial charge < -0.3 is 25.0 Å². The van der Waals surface area contributed by atoms with E-state index in [-0.39, 0.29) is 12.7 Å². The number of hydrogen-bond acceptors (Lipinski definition) is 5. The fraction of sp³-hybridized carbons (Fsp3) is 1.00. The van der Waals surface area contributed by atoms with Crippen LogP contribution in [0.25, 0.3) is 0 Å². The smallest absolute Gasteiger partial charge is 0.0897 e. The van der Waals surface area contributed by atoms with Crippen LogP contribution in [0.2, 0.25) is 0 Å². The highest BCUT2D eigenvalue weighted by atomic mass is 16.5. The van der Waals surface area contributed by atoms with E-state index < -0.39 is 6.10 Å². The number of aliphatic hydroxyl groups is 2. The quantitative estimate of drug-likeness (QED) is 0.450. The molecule has 0 aliphatic rings. The van der Waals surface area contributed by atoms with Crippen molar-refractivity contribution in [2.24, 2.45) is 5.92 Å². The Balaban J connectivity index is 3.34. The Kier molecular flexibility index (Phi) is 10.8. The second-order valence-electron chi connectivity index (χ2n) is 4.66. The molecular weight excluding hydrogens is 222 g/mol. The zero-order valence-electron chi connectivity index (χ0n) is 11.2. The largest absolute Gasteiger partial charge is 0.392 e. The predicted molar refractivity (Wildman–Crippen MR) is 67.0 cm³/mol. The molecule has 2 unspecified atom stereocenters. The number of hydrogen-bond donors (Lipinski definition) is 3. The van der Waals surface area contributed by atoms with Crippen molar-refractivity contribution in [2.45, 2.75) is 32.5 Å². The van der Waals surface area contributed by atoms with Gasteiger partial charge in [-0.05, 0) is 12.3 Å². The summed E-state index contributed by atoms with van der Waals surface area (Å²) in [7, 11) is 1.61. The first-order valence-electron chi connectivity index (χ1n) is 6.19. The summed E-state index contributed by atoms with van der Waals surface area (Å²) in [5.41, 5.74) is 0. The number of nitrogens with one attached hydrogen (secondary N) is 1. The van der Waals surface area contributed by atoms with Crippen LogP contribution in [-0.4, -0.2) is 62.4 Å². The molecule has 0 aromatic carbocycles. The van der Waals surface area contributed by atoms with Crippen molar-refractivity contribution in [1.82, 2.24) is 5.32 Å². The van der Waals surface area contributed by atoms with Crippen LogP contribution in [0.3, 0.4) is 0 Å². The van der Waals surface area contributed by atoms with Crippen LogP contribution in [0.4, 0.5) is 0 Å². The molecule has 0 saturated carbocycles. The summed E-state index contributed by atoms with van der Waals surface area (Å²) in [6.07, 6.45) is -0.123. The first-order valence-corrected chi connectivity index (χ1v) is 6.19. The van der Waals surface area contributed by atoms with E-state index in [9.17, 15) is 10.2 Å². The van der Waals surface area contributed by atoms with Crippen molar-refractivity contribution in [3.63, 3.8) is 0 Å². The van der Waals surface area contributed by atoms with Crippen molar-refractivity contribution < 1.29 is 19.7 Å². The molecule has 104 valence electrons. The molecule has 0 aliphatic heterocycles. The summed E-state index contributed by atoms with van der Waals surface area (Å²) in [6.45, 7) is 6.40. The molecule has 0 saturated heterocycles. The van der Waals surface area contributed by atoms with Crippen LogP contribution in [0, 0.1) is 5.92 Å². The van der Waals surface area contributed by atoms with Gasteiger partial charge in [-0.3, -0.25) is 0 Å². The average Bonchev–Trinajstić information content (AvgIpc) is 2.23. The Hall–Kier alpha value is -0.200. The van der Waals surface area contributed by atoms with Gasteiger partial charge in [0, 0.05) is 20.2 Å². The number of methoxy groups -OCH3 is 1. The Morgan fingerprint density at radius 3 is 2.29 bits per heavy atom. The Morgan fingerprint density at radius 1 is 1.06 bits per heavy atom. The summed E-state index contributed by atoms with van der Waals surface area (Å²) in [4.78, 5) is 0. The van der Waals surface area contributed by atoms with E-state index in [4.69, 9.17) is 9.47 Å². The van der Waals surface area contributed by atoms with Gasteiger partial charge in [0.2, 0.25) is 0 Å². The Morgan fingerprint density at radius 2 is 1.71 bits per heavy atom. The standard InChI is InChI=1S/C12H27NO4/c1-10(2)6-11(14)7-13-8-12(15)9-17-5-4-16-3/h10-15H,4-9H2,1-3H3. The summed E-state index contributed by atoms with van der Waals surface area (Å²) in [6, 6.07) is 0. The third-order valence-corrected chi connectivity index (χ3v) is 2.25. The van der Waals surface area contributed by atoms with Crippen LogP contribution >= 0.6 is 0 Å². The minimum atomic E-state index is -0.543. The number of aliphatic hydroxyl groups excluding tert-OH is 2. The van der Waals surface area contributed by atoms with E-state index in [1.165, 1.54) is 0 Å². The van der Waals surface area contributed by atoms with Crippen molar-refractivity contribution in [3.8, 4) is 0 Å². The van der Waals surface area contributed by atoms with Crippen molar-refractivity contribution in [3.05, 3.63) is 0 Å². The first-order chi connectivity index (χ1) is 8.06. The molecule has 3 N–H and O–H groups in total. The van der Waals surface area contributed by atoms with Crippen molar-refractivity contribution in [1.29, 1.82) is 0 Å². The molecule has 0 fully saturated rings. The third-order valence-electron chi connectivity index (χ3n) is 2.25. The van der Waals surface area contributed by atoms with Gasteiger partial charge in [-0.2, -0.15) is 0 Å². The molecule has 17 heavy (non-hydrogen) atoms. The molecule has 0 amide bonds. The zero-order chi connectivity index (χ0) is 13.1. The van der Waals surface area contributed by atoms with Gasteiger partial charge in [-0.15, -0.1) is 0 Å². The maximum absolute atomic E-state index is 9.59. The summed E-state index contributed by atoms with van der Waals surface area (Å²) < 4.78 is 10.00. The van der Waals surface area contributed by atoms with E-state index in [0.29, 0.717) is 32.2 Å². The average molecular weight is 249 g/mol. The van der Waals surface area contributed by atoms with Crippen molar-refractivity contribution in [2.75, 3.05) is 40.0 Å². The second kappa shape index (κ2) is 10.9. The molecule has 5 nitrogen and oxygen atoms in total. The van der Waals surface area contributed by atoms with Crippen LogP contribution < -0.4 is 5.32 Å². The Labute approximate surface area is 104 Å². The van der Waals surface area contributed by atoms with Gasteiger partial charge in [0.05, 0.1) is 32.0 Å². The topological polar surface area (TPSA) is 71.0 Å². The molecule has 0 rings (SSSR count). The Bertz CT molecular complexity index is 167. The molecule has 5 heteroatoms. The highest BCUT2D eigenvalue weighted by molar-refractivity contribution is 4.64. The summed E-state index contributed by atoms with van der Waals surface area (Å²) in [5, 5.41) is 22.1. The highest BCUT2D eigenvalue weighted by Gasteiger charge is 2.08. The van der Waals surface area contributed by atoms with Gasteiger partial charge >= 0.3 is 0 Å². The van der Waals surface area contributed by atoms with E-state index >= 15 is 0 Å². The fourth-order valence-electron chi connectivity index (χ4n) is 1.46. The van der Waals surface area contributed by atoms with E-state index in [2.05, 4.69) is 19.2 Å². The number of rotatable bonds is 11. The lowest BCUT2D eigenvalue weighted by atomic mass is 10.1. The maximum Gasteiger partial charge on any atom is 0.0897 e. The second-order valence-corrected chi connectivity index (χ2v) is 4.66. The normalized spacial score (nSPS) is 15.2. The predicted octanol–water partition coefficient (Wildman–Crippen LogP) is 0.00690. The minimum absolute atomic E-state index is 0.288.